The molecule has 2 atom stereocenters. The van der Waals surface area contributed by atoms with Gasteiger partial charge in [-0.25, -0.2) is 4.98 Å². The van der Waals surface area contributed by atoms with E-state index in [0.29, 0.717) is 21.8 Å². The second-order valence-corrected chi connectivity index (χ2v) is 5.95. The van der Waals surface area contributed by atoms with Crippen molar-refractivity contribution < 1.29 is 0 Å². The van der Waals surface area contributed by atoms with E-state index in [2.05, 4.69) is 29.0 Å². The van der Waals surface area contributed by atoms with Crippen LogP contribution in [0, 0.1) is 0 Å². The topological polar surface area (TPSA) is 28.2 Å². The van der Waals surface area contributed by atoms with Gasteiger partial charge in [-0.15, -0.1) is 0 Å². The molecule has 100 valence electrons. The van der Waals surface area contributed by atoms with E-state index in [0.717, 1.165) is 13.1 Å². The molecule has 0 saturated carbocycles. The summed E-state index contributed by atoms with van der Waals surface area (Å²) >= 11 is 24.4. The quantitative estimate of drug-likeness (QED) is 0.793. The predicted octanol–water partition coefficient (Wildman–Crippen LogP) is 3.88. The van der Waals surface area contributed by atoms with Gasteiger partial charge in [-0.1, -0.05) is 46.4 Å². The average molecular weight is 329 g/mol. The van der Waals surface area contributed by atoms with E-state index in [1.807, 2.05) is 0 Å². The molecule has 1 N–H and O–H groups in total. The van der Waals surface area contributed by atoms with Crippen LogP contribution >= 0.6 is 46.4 Å². The Balaban J connectivity index is 2.49. The fourth-order valence-corrected chi connectivity index (χ4v) is 2.99. The average Bonchev–Trinajstić information content (AvgIpc) is 2.31. The normalized spacial score (nSPS) is 24.4. The third-order valence-corrected chi connectivity index (χ3v) is 4.48. The molecule has 2 heterocycles. The molecule has 0 aromatic carbocycles. The van der Waals surface area contributed by atoms with E-state index >= 15 is 0 Å². The van der Waals surface area contributed by atoms with Gasteiger partial charge in [0.05, 0.1) is 5.69 Å². The van der Waals surface area contributed by atoms with Gasteiger partial charge in [0.1, 0.15) is 10.0 Å². The zero-order valence-corrected chi connectivity index (χ0v) is 13.0. The van der Waals surface area contributed by atoms with E-state index in [1.54, 1.807) is 0 Å². The lowest BCUT2D eigenvalue weighted by molar-refractivity contribution is 0.425. The molecule has 0 amide bonds. The van der Waals surface area contributed by atoms with Crippen LogP contribution in [0.15, 0.2) is 0 Å². The van der Waals surface area contributed by atoms with Gasteiger partial charge in [0.15, 0.2) is 10.3 Å². The van der Waals surface area contributed by atoms with Gasteiger partial charge in [-0.3, -0.25) is 0 Å². The zero-order chi connectivity index (χ0) is 13.4. The maximum atomic E-state index is 6.22. The molecule has 18 heavy (non-hydrogen) atoms. The van der Waals surface area contributed by atoms with Crippen molar-refractivity contribution in [3.63, 3.8) is 0 Å². The van der Waals surface area contributed by atoms with Gasteiger partial charge < -0.3 is 10.2 Å². The van der Waals surface area contributed by atoms with Crippen LogP contribution in [-0.4, -0.2) is 30.2 Å². The summed E-state index contributed by atoms with van der Waals surface area (Å²) in [5.74, 6) is 0. The summed E-state index contributed by atoms with van der Waals surface area (Å²) in [7, 11) is 0. The van der Waals surface area contributed by atoms with Crippen molar-refractivity contribution in [3.05, 3.63) is 20.4 Å². The lowest BCUT2D eigenvalue weighted by Gasteiger charge is -2.40. The molecular weight excluding hydrogens is 316 g/mol. The van der Waals surface area contributed by atoms with E-state index in [4.69, 9.17) is 46.4 Å². The number of halogens is 4. The molecule has 7 heteroatoms. The number of rotatable bonds is 1. The predicted molar refractivity (Wildman–Crippen MR) is 78.5 cm³/mol. The van der Waals surface area contributed by atoms with Crippen molar-refractivity contribution in [2.75, 3.05) is 18.0 Å². The first kappa shape index (κ1) is 14.5. The Kier molecular flexibility index (Phi) is 4.50. The van der Waals surface area contributed by atoms with E-state index in [-0.39, 0.29) is 16.3 Å². The minimum absolute atomic E-state index is 0.180. The molecular formula is C11H13Cl4N3. The monoisotopic (exact) mass is 327 g/mol. The summed E-state index contributed by atoms with van der Waals surface area (Å²) in [6.45, 7) is 5.83. The first-order valence-corrected chi connectivity index (χ1v) is 7.13. The summed E-state index contributed by atoms with van der Waals surface area (Å²) in [5.41, 5.74) is 0.671. The van der Waals surface area contributed by atoms with Gasteiger partial charge in [0.25, 0.3) is 0 Å². The largest absolute Gasteiger partial charge is 0.363 e. The third kappa shape index (κ3) is 2.66. The molecule has 1 aromatic rings. The smallest absolute Gasteiger partial charge is 0.151 e. The van der Waals surface area contributed by atoms with Crippen LogP contribution in [0.4, 0.5) is 5.69 Å². The maximum Gasteiger partial charge on any atom is 0.151 e. The molecule has 2 rings (SSSR count). The van der Waals surface area contributed by atoms with Crippen LogP contribution in [0.3, 0.4) is 0 Å². The summed E-state index contributed by atoms with van der Waals surface area (Å²) in [6.07, 6.45) is 0. The SMILES string of the molecule is CC1CN(c2c(Cl)c(Cl)nc(Cl)c2Cl)C(C)CN1. The highest BCUT2D eigenvalue weighted by molar-refractivity contribution is 6.48. The van der Waals surface area contributed by atoms with Crippen LogP contribution in [0.2, 0.25) is 20.4 Å². The van der Waals surface area contributed by atoms with Crippen molar-refractivity contribution in [1.29, 1.82) is 0 Å². The molecule has 1 aliphatic rings. The minimum Gasteiger partial charge on any atom is -0.363 e. The van der Waals surface area contributed by atoms with Crippen LogP contribution in [0.25, 0.3) is 0 Å². The number of pyridine rings is 1. The maximum absolute atomic E-state index is 6.22. The van der Waals surface area contributed by atoms with Crippen molar-refractivity contribution in [1.82, 2.24) is 10.3 Å². The summed E-state index contributed by atoms with van der Waals surface area (Å²) in [5, 5.41) is 4.46. The molecule has 0 spiro atoms. The lowest BCUT2D eigenvalue weighted by Crippen LogP contribution is -2.54. The Morgan fingerprint density at radius 2 is 1.67 bits per heavy atom. The number of hydrogen-bond acceptors (Lipinski definition) is 3. The highest BCUT2D eigenvalue weighted by atomic mass is 35.5. The first-order chi connectivity index (χ1) is 8.41. The van der Waals surface area contributed by atoms with Crippen LogP contribution in [-0.2, 0) is 0 Å². The fraction of sp³-hybridized carbons (Fsp3) is 0.545. The van der Waals surface area contributed by atoms with Gasteiger partial charge in [-0.2, -0.15) is 0 Å². The van der Waals surface area contributed by atoms with E-state index < -0.39 is 0 Å². The number of nitrogens with zero attached hydrogens (tertiary/aromatic N) is 2. The van der Waals surface area contributed by atoms with Gasteiger partial charge in [-0.05, 0) is 13.8 Å². The van der Waals surface area contributed by atoms with Gasteiger partial charge >= 0.3 is 0 Å². The van der Waals surface area contributed by atoms with Crippen molar-refractivity contribution in [2.24, 2.45) is 0 Å². The molecule has 1 fully saturated rings. The Bertz CT molecular complexity index is 440. The lowest BCUT2D eigenvalue weighted by atomic mass is 10.1. The Hall–Kier alpha value is 0.0700. The van der Waals surface area contributed by atoms with E-state index in [1.165, 1.54) is 0 Å². The Morgan fingerprint density at radius 1 is 1.11 bits per heavy atom. The van der Waals surface area contributed by atoms with Crippen molar-refractivity contribution in [2.45, 2.75) is 25.9 Å². The van der Waals surface area contributed by atoms with Crippen LogP contribution in [0.5, 0.6) is 0 Å². The third-order valence-electron chi connectivity index (χ3n) is 3.03. The Labute approximate surface area is 126 Å². The highest BCUT2D eigenvalue weighted by Crippen LogP contribution is 2.42. The molecule has 2 unspecified atom stereocenters. The summed E-state index contributed by atoms with van der Waals surface area (Å²) in [6, 6.07) is 0.602. The molecule has 0 bridgehead atoms. The van der Waals surface area contributed by atoms with Gasteiger partial charge in [0, 0.05) is 25.2 Å². The molecule has 0 radical (unpaired) electrons. The zero-order valence-electron chi connectivity index (χ0n) is 9.98. The number of hydrogen-bond donors (Lipinski definition) is 1. The highest BCUT2D eigenvalue weighted by Gasteiger charge is 2.28. The number of aromatic nitrogens is 1. The summed E-state index contributed by atoms with van der Waals surface area (Å²) < 4.78 is 0. The van der Waals surface area contributed by atoms with E-state index in [9.17, 15) is 0 Å². The minimum atomic E-state index is 0.180. The number of piperazine rings is 1. The summed E-state index contributed by atoms with van der Waals surface area (Å²) in [4.78, 5) is 6.01. The second-order valence-electron chi connectivity index (χ2n) is 4.48. The van der Waals surface area contributed by atoms with Crippen molar-refractivity contribution >= 4 is 52.1 Å². The standard InChI is InChI=1S/C11H13Cl4N3/c1-5-4-18(6(2)3-16-5)9-7(12)10(14)17-11(15)8(9)13/h5-6,16H,3-4H2,1-2H3. The van der Waals surface area contributed by atoms with Crippen LogP contribution < -0.4 is 10.2 Å². The molecule has 1 aliphatic heterocycles. The fourth-order valence-electron chi connectivity index (χ4n) is 2.06. The molecule has 1 aromatic heterocycles. The Morgan fingerprint density at radius 3 is 2.22 bits per heavy atom. The van der Waals surface area contributed by atoms with Crippen LogP contribution in [0.1, 0.15) is 13.8 Å². The number of anilines is 1. The van der Waals surface area contributed by atoms with Crippen molar-refractivity contribution in [3.8, 4) is 0 Å². The molecule has 0 aliphatic carbocycles. The van der Waals surface area contributed by atoms with Gasteiger partial charge in [0.2, 0.25) is 0 Å². The molecule has 1 saturated heterocycles. The second kappa shape index (κ2) is 5.59. The first-order valence-electron chi connectivity index (χ1n) is 5.61. The molecule has 3 nitrogen and oxygen atoms in total. The number of nitrogens with one attached hydrogen (secondary N) is 1.